The van der Waals surface area contributed by atoms with Crippen LogP contribution in [0.1, 0.15) is 11.1 Å². The Bertz CT molecular complexity index is 599. The van der Waals surface area contributed by atoms with Crippen molar-refractivity contribution in [2.24, 2.45) is 0 Å². The van der Waals surface area contributed by atoms with Gasteiger partial charge in [-0.25, -0.2) is 0 Å². The van der Waals surface area contributed by atoms with Crippen molar-refractivity contribution in [3.8, 4) is 11.5 Å². The van der Waals surface area contributed by atoms with Crippen molar-refractivity contribution in [1.29, 1.82) is 0 Å². The first kappa shape index (κ1) is 15.4. The van der Waals surface area contributed by atoms with E-state index in [-0.39, 0.29) is 0 Å². The van der Waals surface area contributed by atoms with Gasteiger partial charge >= 0.3 is 7.12 Å². The van der Waals surface area contributed by atoms with Crippen LogP contribution in [0.25, 0.3) is 0 Å². The molecule has 0 atom stereocenters. The van der Waals surface area contributed by atoms with Gasteiger partial charge in [-0.05, 0) is 48.6 Å². The zero-order valence-electron chi connectivity index (χ0n) is 12.2. The molecule has 110 valence electrons. The Hall–Kier alpha value is -1.98. The van der Waals surface area contributed by atoms with Gasteiger partial charge in [0.15, 0.2) is 0 Å². The van der Waals surface area contributed by atoms with Gasteiger partial charge in [0.1, 0.15) is 24.7 Å². The summed E-state index contributed by atoms with van der Waals surface area (Å²) in [5.74, 6) is 1.45. The third kappa shape index (κ3) is 4.51. The van der Waals surface area contributed by atoms with E-state index in [2.05, 4.69) is 0 Å². The molecular formula is C16H19BO4. The predicted octanol–water partition coefficient (Wildman–Crippen LogP) is 1.44. The molecule has 0 bridgehead atoms. The predicted molar refractivity (Wildman–Crippen MR) is 83.2 cm³/mol. The average molecular weight is 286 g/mol. The summed E-state index contributed by atoms with van der Waals surface area (Å²) in [7, 11) is -1.49. The van der Waals surface area contributed by atoms with Gasteiger partial charge in [-0.15, -0.1) is 0 Å². The van der Waals surface area contributed by atoms with Gasteiger partial charge in [0.05, 0.1) is 0 Å². The van der Waals surface area contributed by atoms with Crippen molar-refractivity contribution in [3.05, 3.63) is 53.6 Å². The van der Waals surface area contributed by atoms with Crippen LogP contribution in [0.5, 0.6) is 11.5 Å². The standard InChI is InChI=1S/C16H19BO4/c1-12-6-7-13(2)16(10-12)21-9-8-20-15-5-3-4-14(11-15)17(18)19/h3-7,10-11,18-19H,8-9H2,1-2H3. The minimum absolute atomic E-state index is 0.387. The minimum Gasteiger partial charge on any atom is -0.490 e. The number of ether oxygens (including phenoxy) is 2. The third-order valence-electron chi connectivity index (χ3n) is 3.11. The summed E-state index contributed by atoms with van der Waals surface area (Å²) >= 11 is 0. The molecule has 0 radical (unpaired) electrons. The first-order valence-corrected chi connectivity index (χ1v) is 6.85. The zero-order chi connectivity index (χ0) is 15.2. The summed E-state index contributed by atoms with van der Waals surface area (Å²) in [5.41, 5.74) is 2.65. The molecule has 2 N–H and O–H groups in total. The molecule has 0 spiro atoms. The summed E-state index contributed by atoms with van der Waals surface area (Å²) in [4.78, 5) is 0. The Morgan fingerprint density at radius 1 is 0.952 bits per heavy atom. The molecule has 0 aromatic heterocycles. The van der Waals surface area contributed by atoms with E-state index in [1.807, 2.05) is 32.0 Å². The van der Waals surface area contributed by atoms with Crippen LogP contribution in [0.4, 0.5) is 0 Å². The molecule has 0 heterocycles. The first-order chi connectivity index (χ1) is 10.1. The molecule has 0 saturated carbocycles. The molecule has 0 unspecified atom stereocenters. The van der Waals surface area contributed by atoms with Crippen molar-refractivity contribution < 1.29 is 19.5 Å². The lowest BCUT2D eigenvalue weighted by atomic mass is 9.80. The molecular weight excluding hydrogens is 267 g/mol. The average Bonchev–Trinajstić information content (AvgIpc) is 2.47. The molecule has 2 aromatic rings. The van der Waals surface area contributed by atoms with Crippen LogP contribution in [0.2, 0.25) is 0 Å². The Labute approximate surface area is 125 Å². The van der Waals surface area contributed by atoms with E-state index in [1.165, 1.54) is 0 Å². The fraction of sp³-hybridized carbons (Fsp3) is 0.250. The van der Waals surface area contributed by atoms with Crippen molar-refractivity contribution in [3.63, 3.8) is 0 Å². The molecule has 0 amide bonds. The molecule has 4 nitrogen and oxygen atoms in total. The second kappa shape index (κ2) is 7.15. The Balaban J connectivity index is 1.84. The lowest BCUT2D eigenvalue weighted by molar-refractivity contribution is 0.216. The van der Waals surface area contributed by atoms with Crippen LogP contribution in [0.3, 0.4) is 0 Å². The van der Waals surface area contributed by atoms with Crippen LogP contribution < -0.4 is 14.9 Å². The van der Waals surface area contributed by atoms with E-state index < -0.39 is 7.12 Å². The zero-order valence-corrected chi connectivity index (χ0v) is 12.2. The summed E-state index contributed by atoms with van der Waals surface area (Å²) in [6.45, 7) is 4.84. The summed E-state index contributed by atoms with van der Waals surface area (Å²) in [6, 6.07) is 12.8. The van der Waals surface area contributed by atoms with Gasteiger partial charge in [-0.3, -0.25) is 0 Å². The first-order valence-electron chi connectivity index (χ1n) is 6.85. The van der Waals surface area contributed by atoms with Crippen LogP contribution in [-0.4, -0.2) is 30.4 Å². The van der Waals surface area contributed by atoms with Gasteiger partial charge in [0.25, 0.3) is 0 Å². The van der Waals surface area contributed by atoms with E-state index in [0.29, 0.717) is 24.4 Å². The van der Waals surface area contributed by atoms with Crippen molar-refractivity contribution in [1.82, 2.24) is 0 Å². The largest absolute Gasteiger partial charge is 0.490 e. The van der Waals surface area contributed by atoms with Gasteiger partial charge in [0.2, 0.25) is 0 Å². The maximum atomic E-state index is 9.10. The number of hydrogen-bond acceptors (Lipinski definition) is 4. The van der Waals surface area contributed by atoms with Gasteiger partial charge in [0, 0.05) is 0 Å². The highest BCUT2D eigenvalue weighted by Crippen LogP contribution is 2.19. The van der Waals surface area contributed by atoms with E-state index >= 15 is 0 Å². The molecule has 2 aromatic carbocycles. The van der Waals surface area contributed by atoms with Crippen molar-refractivity contribution in [2.45, 2.75) is 13.8 Å². The van der Waals surface area contributed by atoms with Crippen LogP contribution in [0, 0.1) is 13.8 Å². The Morgan fingerprint density at radius 2 is 1.71 bits per heavy atom. The summed E-state index contributed by atoms with van der Waals surface area (Å²) < 4.78 is 11.2. The van der Waals surface area contributed by atoms with E-state index in [1.54, 1.807) is 24.3 Å². The molecule has 0 aliphatic heterocycles. The van der Waals surface area contributed by atoms with Crippen LogP contribution >= 0.6 is 0 Å². The van der Waals surface area contributed by atoms with E-state index in [0.717, 1.165) is 16.9 Å². The number of hydrogen-bond donors (Lipinski definition) is 2. The molecule has 5 heteroatoms. The monoisotopic (exact) mass is 286 g/mol. The maximum absolute atomic E-state index is 9.10. The second-order valence-electron chi connectivity index (χ2n) is 4.91. The van der Waals surface area contributed by atoms with E-state index in [4.69, 9.17) is 19.5 Å². The molecule has 0 aliphatic carbocycles. The smallest absolute Gasteiger partial charge is 0.488 e. The molecule has 0 saturated heterocycles. The van der Waals surface area contributed by atoms with E-state index in [9.17, 15) is 0 Å². The van der Waals surface area contributed by atoms with Gasteiger partial charge < -0.3 is 19.5 Å². The fourth-order valence-electron chi connectivity index (χ4n) is 1.94. The Kier molecular flexibility index (Phi) is 5.25. The second-order valence-corrected chi connectivity index (χ2v) is 4.91. The highest BCUT2D eigenvalue weighted by Gasteiger charge is 2.11. The highest BCUT2D eigenvalue weighted by molar-refractivity contribution is 6.58. The molecule has 0 aliphatic rings. The van der Waals surface area contributed by atoms with Crippen molar-refractivity contribution in [2.75, 3.05) is 13.2 Å². The molecule has 21 heavy (non-hydrogen) atoms. The number of rotatable bonds is 6. The third-order valence-corrected chi connectivity index (χ3v) is 3.11. The lowest BCUT2D eigenvalue weighted by Gasteiger charge is -2.11. The topological polar surface area (TPSA) is 58.9 Å². The number of benzene rings is 2. The van der Waals surface area contributed by atoms with Crippen molar-refractivity contribution >= 4 is 12.6 Å². The van der Waals surface area contributed by atoms with Gasteiger partial charge in [-0.2, -0.15) is 0 Å². The summed E-state index contributed by atoms with van der Waals surface area (Å²) in [5, 5.41) is 18.2. The SMILES string of the molecule is Cc1ccc(C)c(OCCOc2cccc(B(O)O)c2)c1. The Morgan fingerprint density at radius 3 is 2.48 bits per heavy atom. The summed E-state index contributed by atoms with van der Waals surface area (Å²) in [6.07, 6.45) is 0. The van der Waals surface area contributed by atoms with Crippen LogP contribution in [0.15, 0.2) is 42.5 Å². The molecule has 0 fully saturated rings. The highest BCUT2D eigenvalue weighted by atomic mass is 16.5. The number of aryl methyl sites for hydroxylation is 2. The maximum Gasteiger partial charge on any atom is 0.488 e. The normalized spacial score (nSPS) is 10.3. The molecule has 2 rings (SSSR count). The van der Waals surface area contributed by atoms with Gasteiger partial charge in [-0.1, -0.05) is 24.3 Å². The lowest BCUT2D eigenvalue weighted by Crippen LogP contribution is -2.29. The fourth-order valence-corrected chi connectivity index (χ4v) is 1.94. The quantitative estimate of drug-likeness (QED) is 0.623. The van der Waals surface area contributed by atoms with Crippen LogP contribution in [-0.2, 0) is 0 Å². The minimum atomic E-state index is -1.49.